The molecule has 5 rings (SSSR count). The summed E-state index contributed by atoms with van der Waals surface area (Å²) in [6.07, 6.45) is 0.301. The number of sulfonamides is 1. The molecule has 0 saturated carbocycles. The highest BCUT2D eigenvalue weighted by molar-refractivity contribution is 7.88. The molecule has 2 aromatic carbocycles. The van der Waals surface area contributed by atoms with Crippen LogP contribution in [0.3, 0.4) is 0 Å². The van der Waals surface area contributed by atoms with E-state index >= 15 is 0 Å². The van der Waals surface area contributed by atoms with E-state index in [1.54, 1.807) is 0 Å². The number of furan rings is 2. The lowest BCUT2D eigenvalue weighted by molar-refractivity contribution is 0.129. The molecule has 2 bridgehead atoms. The van der Waals surface area contributed by atoms with Crippen molar-refractivity contribution in [2.24, 2.45) is 0 Å². The minimum atomic E-state index is -3.51. The molecule has 5 aromatic rings. The predicted octanol–water partition coefficient (Wildman–Crippen LogP) is 3.80. The number of para-hydroxylation sites is 2. The van der Waals surface area contributed by atoms with E-state index in [1.165, 1.54) is 10.6 Å². The van der Waals surface area contributed by atoms with E-state index < -0.39 is 16.1 Å². The first-order valence-electron chi connectivity index (χ1n) is 9.80. The summed E-state index contributed by atoms with van der Waals surface area (Å²) in [7, 11) is -3.51. The molecule has 0 amide bonds. The van der Waals surface area contributed by atoms with Gasteiger partial charge in [-0.3, -0.25) is 0 Å². The van der Waals surface area contributed by atoms with Crippen molar-refractivity contribution in [3.05, 3.63) is 72.3 Å². The van der Waals surface area contributed by atoms with E-state index in [1.807, 2.05) is 54.6 Å². The first-order valence-corrected chi connectivity index (χ1v) is 11.6. The normalized spacial score (nSPS) is 13.8. The van der Waals surface area contributed by atoms with Gasteiger partial charge in [-0.25, -0.2) is 8.42 Å². The molecule has 154 valence electrons. The molecular formula is C23H22N2O4S. The first-order chi connectivity index (χ1) is 14.4. The molecule has 3 heterocycles. The second-order valence-electron chi connectivity index (χ2n) is 7.73. The lowest BCUT2D eigenvalue weighted by Gasteiger charge is -2.23. The predicted molar refractivity (Wildman–Crippen MR) is 118 cm³/mol. The number of rotatable bonds is 7. The molecule has 0 saturated heterocycles. The van der Waals surface area contributed by atoms with Crippen LogP contribution in [0.1, 0.15) is 5.56 Å². The summed E-state index contributed by atoms with van der Waals surface area (Å²) in [5.74, 6) is 0. The number of hydrogen-bond acceptors (Lipinski definition) is 4. The molecule has 30 heavy (non-hydrogen) atoms. The van der Waals surface area contributed by atoms with Gasteiger partial charge >= 0.3 is 0 Å². The van der Waals surface area contributed by atoms with Crippen LogP contribution in [0.4, 0.5) is 0 Å². The van der Waals surface area contributed by atoms with Crippen molar-refractivity contribution in [3.8, 4) is 0 Å². The fourth-order valence-electron chi connectivity index (χ4n) is 4.18. The van der Waals surface area contributed by atoms with Gasteiger partial charge in [0.1, 0.15) is 11.2 Å². The second-order valence-corrected chi connectivity index (χ2v) is 9.71. The maximum absolute atomic E-state index is 12.4. The van der Waals surface area contributed by atoms with E-state index in [9.17, 15) is 13.5 Å². The zero-order chi connectivity index (χ0) is 20.9. The second kappa shape index (κ2) is 7.12. The summed E-state index contributed by atoms with van der Waals surface area (Å²) in [4.78, 5) is 0. The van der Waals surface area contributed by atoms with Gasteiger partial charge in [0.05, 0.1) is 18.9 Å². The topological polar surface area (TPSA) is 75.7 Å². The monoisotopic (exact) mass is 422 g/mol. The van der Waals surface area contributed by atoms with Crippen LogP contribution in [0, 0.1) is 0 Å². The molecular weight excluding hydrogens is 400 g/mol. The van der Waals surface area contributed by atoms with Crippen LogP contribution < -0.4 is 0 Å². The third kappa shape index (κ3) is 3.35. The Bertz CT molecular complexity index is 1380. The summed E-state index contributed by atoms with van der Waals surface area (Å²) in [5, 5.41) is 13.1. The standard InChI is InChI=1S/C23H22N2O4S/c1-30(27,28)24(13-16-12-18-10-11-23(16)29-18)14-17(26)15-25-21-8-4-2-6-19(21)20-7-3-5-9-22(20)25/h2-12,17,26H,13-15H2,1H3. The van der Waals surface area contributed by atoms with E-state index in [0.29, 0.717) is 12.1 Å². The fraction of sp³-hybridized carbons (Fsp3) is 0.217. The molecule has 0 aliphatic rings. The maximum Gasteiger partial charge on any atom is 0.211 e. The van der Waals surface area contributed by atoms with E-state index in [2.05, 4.69) is 16.7 Å². The smallest absolute Gasteiger partial charge is 0.211 e. The van der Waals surface area contributed by atoms with Gasteiger partial charge in [0.25, 0.3) is 0 Å². The highest BCUT2D eigenvalue weighted by Gasteiger charge is 2.24. The van der Waals surface area contributed by atoms with Crippen LogP contribution in [0.15, 0.2) is 71.1 Å². The zero-order valence-corrected chi connectivity index (χ0v) is 17.3. The quantitative estimate of drug-likeness (QED) is 0.433. The van der Waals surface area contributed by atoms with E-state index in [-0.39, 0.29) is 13.1 Å². The third-order valence-electron chi connectivity index (χ3n) is 5.56. The van der Waals surface area contributed by atoms with Gasteiger partial charge in [-0.2, -0.15) is 4.31 Å². The summed E-state index contributed by atoms with van der Waals surface area (Å²) in [5.41, 5.74) is 4.24. The Balaban J connectivity index is 1.44. The molecule has 0 spiro atoms. The van der Waals surface area contributed by atoms with Crippen molar-refractivity contribution in [2.75, 3.05) is 12.8 Å². The Kier molecular flexibility index (Phi) is 4.54. The van der Waals surface area contributed by atoms with Crippen LogP contribution in [0.25, 0.3) is 33.0 Å². The van der Waals surface area contributed by atoms with Crippen molar-refractivity contribution >= 4 is 43.0 Å². The molecule has 0 radical (unpaired) electrons. The number of benzene rings is 3. The highest BCUT2D eigenvalue weighted by atomic mass is 32.2. The maximum atomic E-state index is 12.4. The number of nitrogens with zero attached hydrogens (tertiary/aromatic N) is 2. The number of hydrogen-bond donors (Lipinski definition) is 1. The summed E-state index contributed by atoms with van der Waals surface area (Å²) in [6, 6.07) is 21.6. The van der Waals surface area contributed by atoms with Crippen LogP contribution in [-0.4, -0.2) is 41.3 Å². The van der Waals surface area contributed by atoms with Gasteiger partial charge in [0, 0.05) is 40.5 Å². The molecule has 0 aliphatic heterocycles. The largest absolute Gasteiger partial charge is 0.457 e. The molecule has 6 nitrogen and oxygen atoms in total. The Morgan fingerprint density at radius 2 is 1.63 bits per heavy atom. The Labute approximate surface area is 174 Å². The Morgan fingerprint density at radius 1 is 1.00 bits per heavy atom. The Morgan fingerprint density at radius 3 is 2.17 bits per heavy atom. The van der Waals surface area contributed by atoms with E-state index in [4.69, 9.17) is 4.42 Å². The molecule has 3 aromatic heterocycles. The fourth-order valence-corrected chi connectivity index (χ4v) is 5.00. The third-order valence-corrected chi connectivity index (χ3v) is 6.78. The van der Waals surface area contributed by atoms with Crippen molar-refractivity contribution in [2.45, 2.75) is 19.2 Å². The first kappa shape index (κ1) is 19.1. The number of aliphatic hydroxyl groups excluding tert-OH is 1. The average Bonchev–Trinajstić information content (AvgIpc) is 3.41. The number of aliphatic hydroxyl groups is 1. The van der Waals surface area contributed by atoms with Crippen molar-refractivity contribution in [3.63, 3.8) is 0 Å². The van der Waals surface area contributed by atoms with Gasteiger partial charge in [-0.05, 0) is 30.3 Å². The van der Waals surface area contributed by atoms with Crippen LogP contribution >= 0.6 is 0 Å². The lowest BCUT2D eigenvalue weighted by atomic mass is 10.2. The van der Waals surface area contributed by atoms with Gasteiger partial charge in [0.15, 0.2) is 0 Å². The van der Waals surface area contributed by atoms with Gasteiger partial charge in [0.2, 0.25) is 10.0 Å². The highest BCUT2D eigenvalue weighted by Crippen LogP contribution is 2.29. The van der Waals surface area contributed by atoms with Gasteiger partial charge < -0.3 is 14.1 Å². The number of fused-ring (bicyclic) bond motifs is 5. The van der Waals surface area contributed by atoms with Crippen molar-refractivity contribution in [1.29, 1.82) is 0 Å². The minimum Gasteiger partial charge on any atom is -0.457 e. The van der Waals surface area contributed by atoms with Crippen molar-refractivity contribution in [1.82, 2.24) is 8.87 Å². The van der Waals surface area contributed by atoms with Gasteiger partial charge in [-0.1, -0.05) is 36.4 Å². The zero-order valence-electron chi connectivity index (χ0n) is 16.5. The molecule has 1 unspecified atom stereocenters. The molecule has 7 heteroatoms. The molecule has 0 aliphatic carbocycles. The SMILES string of the molecule is CS(=O)(=O)N(Cc1cc2ccc1o2)CC(O)Cn1c2ccccc2c2ccccc21. The summed E-state index contributed by atoms with van der Waals surface area (Å²) in [6.45, 7) is 0.471. The molecule has 1 N–H and O–H groups in total. The molecule has 1 atom stereocenters. The van der Waals surface area contributed by atoms with Gasteiger partial charge in [-0.15, -0.1) is 0 Å². The average molecular weight is 423 g/mol. The van der Waals surface area contributed by atoms with Crippen LogP contribution in [0.2, 0.25) is 0 Å². The van der Waals surface area contributed by atoms with Crippen molar-refractivity contribution < 1.29 is 17.9 Å². The van der Waals surface area contributed by atoms with E-state index in [0.717, 1.165) is 33.0 Å². The molecule has 0 fully saturated rings. The van der Waals surface area contributed by atoms with Crippen LogP contribution in [-0.2, 0) is 23.1 Å². The lowest BCUT2D eigenvalue weighted by Crippen LogP contribution is -2.38. The van der Waals surface area contributed by atoms with Crippen LogP contribution in [0.5, 0.6) is 0 Å². The number of aromatic nitrogens is 1. The summed E-state index contributed by atoms with van der Waals surface area (Å²) < 4.78 is 33.7. The minimum absolute atomic E-state index is 0.00331. The summed E-state index contributed by atoms with van der Waals surface area (Å²) >= 11 is 0. The Hall–Kier alpha value is -2.87.